The molecule has 0 heterocycles. The van der Waals surface area contributed by atoms with Gasteiger partial charge in [-0.25, -0.2) is 0 Å². The van der Waals surface area contributed by atoms with Gasteiger partial charge in [-0.15, -0.1) is 0 Å². The lowest BCUT2D eigenvalue weighted by molar-refractivity contribution is -0.141. The van der Waals surface area contributed by atoms with Gasteiger partial charge in [0, 0.05) is 5.56 Å². The van der Waals surface area contributed by atoms with E-state index in [0.717, 1.165) is 16.8 Å². The van der Waals surface area contributed by atoms with Crippen LogP contribution in [0.2, 0.25) is 10.0 Å². The molecule has 0 amide bonds. The van der Waals surface area contributed by atoms with Crippen molar-refractivity contribution in [2.24, 2.45) is 5.92 Å². The molecule has 4 nitrogen and oxygen atoms in total. The first-order chi connectivity index (χ1) is 9.08. The molecule has 0 unspecified atom stereocenters. The topological polar surface area (TPSA) is 47.6 Å². The summed E-state index contributed by atoms with van der Waals surface area (Å²) < 4.78 is 4.72. The summed E-state index contributed by atoms with van der Waals surface area (Å²) in [4.78, 5) is 16.4. The molecule has 0 aliphatic heterocycles. The molecule has 1 saturated carbocycles. The second kappa shape index (κ2) is 5.82. The molecule has 102 valence electrons. The number of ether oxygens (including phenoxy) is 1. The van der Waals surface area contributed by atoms with Crippen LogP contribution in [0.4, 0.5) is 0 Å². The van der Waals surface area contributed by atoms with E-state index in [1.54, 1.807) is 12.1 Å². The number of hydrogen-bond donors (Lipinski definition) is 1. The second-order valence-corrected chi connectivity index (χ2v) is 4.93. The molecule has 0 radical (unpaired) electrons. The predicted molar refractivity (Wildman–Crippen MR) is 73.6 cm³/mol. The van der Waals surface area contributed by atoms with Crippen molar-refractivity contribution in [3.63, 3.8) is 0 Å². The van der Waals surface area contributed by atoms with Crippen molar-refractivity contribution < 1.29 is 14.4 Å². The van der Waals surface area contributed by atoms with E-state index in [9.17, 15) is 4.79 Å². The molecule has 1 fully saturated rings. The maximum atomic E-state index is 11.5. The highest BCUT2D eigenvalue weighted by atomic mass is 35.5. The first kappa shape index (κ1) is 14.2. The van der Waals surface area contributed by atoms with Crippen molar-refractivity contribution in [1.29, 1.82) is 0 Å². The predicted octanol–water partition coefficient (Wildman–Crippen LogP) is 3.05. The number of methoxy groups -OCH3 is 1. The summed E-state index contributed by atoms with van der Waals surface area (Å²) in [5.41, 5.74) is 5.27. The fourth-order valence-electron chi connectivity index (χ4n) is 1.87. The van der Waals surface area contributed by atoms with Crippen LogP contribution in [0.3, 0.4) is 0 Å². The Morgan fingerprint density at radius 3 is 2.63 bits per heavy atom. The minimum Gasteiger partial charge on any atom is -0.469 e. The number of hydrogen-bond acceptors (Lipinski definition) is 4. The third-order valence-corrected chi connectivity index (χ3v) is 3.64. The lowest BCUT2D eigenvalue weighted by Gasteiger charge is -2.10. The number of halogens is 2. The highest BCUT2D eigenvalue weighted by molar-refractivity contribution is 6.42. The van der Waals surface area contributed by atoms with E-state index in [0.29, 0.717) is 16.5 Å². The molecule has 1 N–H and O–H groups in total. The van der Waals surface area contributed by atoms with E-state index < -0.39 is 0 Å². The third-order valence-electron chi connectivity index (χ3n) is 2.90. The minimum atomic E-state index is -0.245. The number of carbonyl (C=O) groups is 1. The highest BCUT2D eigenvalue weighted by Crippen LogP contribution is 2.43. The zero-order valence-electron chi connectivity index (χ0n) is 10.5. The summed E-state index contributed by atoms with van der Waals surface area (Å²) in [5.74, 6) is -0.456. The summed E-state index contributed by atoms with van der Waals surface area (Å²) >= 11 is 11.9. The Morgan fingerprint density at radius 2 is 2.05 bits per heavy atom. The molecular weight excluding hydrogens is 289 g/mol. The molecule has 6 heteroatoms. The lowest BCUT2D eigenvalue weighted by Crippen LogP contribution is -2.11. The Balaban J connectivity index is 2.34. The van der Waals surface area contributed by atoms with Crippen LogP contribution < -0.4 is 5.48 Å². The molecule has 1 aliphatic rings. The number of hydroxylamine groups is 1. The molecule has 2 rings (SSSR count). The van der Waals surface area contributed by atoms with Crippen molar-refractivity contribution in [3.05, 3.63) is 39.4 Å². The molecule has 0 saturated heterocycles. The first-order valence-corrected chi connectivity index (χ1v) is 6.39. The van der Waals surface area contributed by atoms with Crippen molar-refractivity contribution >= 4 is 34.9 Å². The van der Waals surface area contributed by atoms with Crippen molar-refractivity contribution in [2.45, 2.75) is 6.42 Å². The van der Waals surface area contributed by atoms with Crippen LogP contribution in [0.15, 0.2) is 23.8 Å². The molecule has 0 bridgehead atoms. The Kier molecular flexibility index (Phi) is 4.34. The zero-order chi connectivity index (χ0) is 14.0. The minimum absolute atomic E-state index is 0.211. The van der Waals surface area contributed by atoms with Crippen molar-refractivity contribution in [2.75, 3.05) is 14.2 Å². The largest absolute Gasteiger partial charge is 0.469 e. The van der Waals surface area contributed by atoms with Crippen LogP contribution in [0.25, 0.3) is 5.70 Å². The van der Waals surface area contributed by atoms with Crippen LogP contribution in [-0.4, -0.2) is 20.2 Å². The average molecular weight is 302 g/mol. The molecule has 1 atom stereocenters. The SMILES string of the molecule is CONC(=C1C[C@@H]1C(=O)OC)c1ccc(Cl)c(Cl)c1. The Morgan fingerprint density at radius 1 is 1.32 bits per heavy atom. The van der Waals surface area contributed by atoms with Gasteiger partial charge in [-0.3, -0.25) is 15.1 Å². The van der Waals surface area contributed by atoms with Crippen LogP contribution >= 0.6 is 23.2 Å². The van der Waals surface area contributed by atoms with Gasteiger partial charge in [0.2, 0.25) is 0 Å². The number of nitrogens with one attached hydrogen (secondary N) is 1. The number of esters is 1. The van der Waals surface area contributed by atoms with Gasteiger partial charge in [0.25, 0.3) is 0 Å². The van der Waals surface area contributed by atoms with Gasteiger partial charge >= 0.3 is 5.97 Å². The van der Waals surface area contributed by atoms with E-state index in [1.807, 2.05) is 6.07 Å². The van der Waals surface area contributed by atoms with Gasteiger partial charge in [0.15, 0.2) is 0 Å². The first-order valence-electron chi connectivity index (χ1n) is 5.63. The maximum Gasteiger partial charge on any atom is 0.313 e. The van der Waals surface area contributed by atoms with Crippen LogP contribution in [-0.2, 0) is 14.4 Å². The summed E-state index contributed by atoms with van der Waals surface area (Å²) in [7, 11) is 2.88. The standard InChI is InChI=1S/C13H13Cl2NO3/c1-18-13(17)9-6-8(9)12(16-19-2)7-3-4-10(14)11(15)5-7/h3-5,9,16H,6H2,1-2H3/t9-/m0/s1. The maximum absolute atomic E-state index is 11.5. The lowest BCUT2D eigenvalue weighted by atomic mass is 10.1. The van der Waals surface area contributed by atoms with E-state index in [1.165, 1.54) is 14.2 Å². The summed E-state index contributed by atoms with van der Waals surface area (Å²) in [6.07, 6.45) is 0.651. The van der Waals surface area contributed by atoms with Gasteiger partial charge in [0.1, 0.15) is 0 Å². The fraction of sp³-hybridized carbons (Fsp3) is 0.308. The molecule has 0 spiro atoms. The van der Waals surface area contributed by atoms with Gasteiger partial charge < -0.3 is 4.74 Å². The fourth-order valence-corrected chi connectivity index (χ4v) is 2.17. The molecule has 1 aliphatic carbocycles. The summed E-state index contributed by atoms with van der Waals surface area (Å²) in [6.45, 7) is 0. The van der Waals surface area contributed by atoms with E-state index in [-0.39, 0.29) is 11.9 Å². The van der Waals surface area contributed by atoms with Gasteiger partial charge in [-0.05, 0) is 24.1 Å². The van der Waals surface area contributed by atoms with Crippen LogP contribution in [0, 0.1) is 5.92 Å². The quantitative estimate of drug-likeness (QED) is 0.686. The third kappa shape index (κ3) is 3.03. The van der Waals surface area contributed by atoms with Crippen molar-refractivity contribution in [3.8, 4) is 0 Å². The smallest absolute Gasteiger partial charge is 0.313 e. The molecule has 1 aromatic rings. The number of benzene rings is 1. The number of carbonyl (C=O) groups excluding carboxylic acids is 1. The molecule has 0 aromatic heterocycles. The molecule has 19 heavy (non-hydrogen) atoms. The normalized spacial score (nSPS) is 19.9. The average Bonchev–Trinajstić information content (AvgIpc) is 3.18. The van der Waals surface area contributed by atoms with Gasteiger partial charge in [-0.1, -0.05) is 29.3 Å². The molecular formula is C13H13Cl2NO3. The summed E-state index contributed by atoms with van der Waals surface area (Å²) in [6, 6.07) is 5.24. The monoisotopic (exact) mass is 301 g/mol. The summed E-state index contributed by atoms with van der Waals surface area (Å²) in [5, 5.41) is 0.929. The number of rotatable bonds is 4. The van der Waals surface area contributed by atoms with Crippen LogP contribution in [0.5, 0.6) is 0 Å². The van der Waals surface area contributed by atoms with E-state index in [4.69, 9.17) is 32.8 Å². The van der Waals surface area contributed by atoms with E-state index >= 15 is 0 Å². The zero-order valence-corrected chi connectivity index (χ0v) is 12.0. The Labute approximate surface area is 121 Å². The van der Waals surface area contributed by atoms with Crippen molar-refractivity contribution in [1.82, 2.24) is 5.48 Å². The molecule has 1 aromatic carbocycles. The Bertz CT molecular complexity index is 543. The van der Waals surface area contributed by atoms with Crippen LogP contribution in [0.1, 0.15) is 12.0 Å². The van der Waals surface area contributed by atoms with Gasteiger partial charge in [-0.2, -0.15) is 0 Å². The second-order valence-electron chi connectivity index (χ2n) is 4.12. The Hall–Kier alpha value is -1.23. The van der Waals surface area contributed by atoms with Gasteiger partial charge in [0.05, 0.1) is 35.9 Å². The highest BCUT2D eigenvalue weighted by Gasteiger charge is 2.41. The van der Waals surface area contributed by atoms with E-state index in [2.05, 4.69) is 5.48 Å².